The molecule has 1 aromatic heterocycles. The Labute approximate surface area is 107 Å². The van der Waals surface area contributed by atoms with Crippen LogP contribution in [0.4, 0.5) is 0 Å². The number of aryl methyl sites for hydroxylation is 1. The van der Waals surface area contributed by atoms with Crippen molar-refractivity contribution in [1.82, 2.24) is 20.4 Å². The van der Waals surface area contributed by atoms with Gasteiger partial charge in [0.15, 0.2) is 0 Å². The van der Waals surface area contributed by atoms with E-state index in [1.54, 1.807) is 4.68 Å². The Morgan fingerprint density at radius 2 is 2.41 bits per heavy atom. The molecule has 0 saturated carbocycles. The quantitative estimate of drug-likeness (QED) is 0.835. The van der Waals surface area contributed by atoms with E-state index < -0.39 is 0 Å². The molecular weight excluding hydrogens is 240 g/mol. The second-order valence-electron chi connectivity index (χ2n) is 4.24. The molecule has 2 heterocycles. The average Bonchev–Trinajstić information content (AvgIpc) is 2.56. The Morgan fingerprint density at radius 3 is 3.12 bits per heavy atom. The van der Waals surface area contributed by atoms with Crippen LogP contribution in [-0.4, -0.2) is 28.3 Å². The van der Waals surface area contributed by atoms with Crippen molar-refractivity contribution in [3.63, 3.8) is 0 Å². The first-order chi connectivity index (χ1) is 7.75. The standard InChI is InChI=1S/C11H18N4O.ClH/c1-15-8-9(7-14-15)6-13-10-4-2-3-5-12-11(10)16;/h7-8,10,13H,2-6H2,1H3,(H,12,16);1H. The molecule has 1 saturated heterocycles. The Bertz CT molecular complexity index is 366. The van der Waals surface area contributed by atoms with Crippen molar-refractivity contribution in [1.29, 1.82) is 0 Å². The number of halogens is 1. The molecule has 1 aliphatic rings. The van der Waals surface area contributed by atoms with Crippen LogP contribution < -0.4 is 10.6 Å². The van der Waals surface area contributed by atoms with Crippen molar-refractivity contribution < 1.29 is 4.79 Å². The van der Waals surface area contributed by atoms with E-state index in [4.69, 9.17) is 0 Å². The summed E-state index contributed by atoms with van der Waals surface area (Å²) in [4.78, 5) is 11.6. The predicted molar refractivity (Wildman–Crippen MR) is 67.9 cm³/mol. The number of aromatic nitrogens is 2. The van der Waals surface area contributed by atoms with E-state index in [0.29, 0.717) is 6.54 Å². The molecule has 96 valence electrons. The molecule has 0 spiro atoms. The lowest BCUT2D eigenvalue weighted by Crippen LogP contribution is -2.42. The number of nitrogens with one attached hydrogen (secondary N) is 2. The Kier molecular flexibility index (Phi) is 5.44. The van der Waals surface area contributed by atoms with E-state index in [1.807, 2.05) is 19.4 Å². The summed E-state index contributed by atoms with van der Waals surface area (Å²) in [6.45, 7) is 1.51. The van der Waals surface area contributed by atoms with Crippen LogP contribution in [0.2, 0.25) is 0 Å². The minimum atomic E-state index is -0.0530. The fourth-order valence-electron chi connectivity index (χ4n) is 1.94. The number of carbonyl (C=O) groups is 1. The SMILES string of the molecule is Cl.Cn1cc(CNC2CCCCNC2=O)cn1. The lowest BCUT2D eigenvalue weighted by molar-refractivity contribution is -0.122. The molecule has 2 rings (SSSR count). The van der Waals surface area contributed by atoms with Gasteiger partial charge in [0.1, 0.15) is 0 Å². The number of rotatable bonds is 3. The normalized spacial score (nSPS) is 20.3. The van der Waals surface area contributed by atoms with Crippen LogP contribution in [0.1, 0.15) is 24.8 Å². The zero-order valence-corrected chi connectivity index (χ0v) is 10.8. The molecule has 1 unspecified atom stereocenters. The summed E-state index contributed by atoms with van der Waals surface area (Å²) in [7, 11) is 1.89. The molecule has 0 radical (unpaired) electrons. The number of hydrogen-bond acceptors (Lipinski definition) is 3. The second-order valence-corrected chi connectivity index (χ2v) is 4.24. The first-order valence-electron chi connectivity index (χ1n) is 5.74. The van der Waals surface area contributed by atoms with Crippen LogP contribution >= 0.6 is 12.4 Å². The van der Waals surface area contributed by atoms with Crippen LogP contribution in [0.15, 0.2) is 12.4 Å². The van der Waals surface area contributed by atoms with Gasteiger partial charge < -0.3 is 10.6 Å². The first-order valence-corrected chi connectivity index (χ1v) is 5.74. The zero-order chi connectivity index (χ0) is 11.4. The molecule has 1 aliphatic heterocycles. The van der Waals surface area contributed by atoms with Crippen LogP contribution in [-0.2, 0) is 18.4 Å². The summed E-state index contributed by atoms with van der Waals surface area (Å²) in [6.07, 6.45) is 6.88. The molecule has 17 heavy (non-hydrogen) atoms. The minimum absolute atomic E-state index is 0. The first kappa shape index (κ1) is 14.0. The van der Waals surface area contributed by atoms with Gasteiger partial charge in [0, 0.05) is 31.9 Å². The maximum atomic E-state index is 11.6. The number of amides is 1. The highest BCUT2D eigenvalue weighted by molar-refractivity contribution is 5.85. The molecular formula is C11H19ClN4O. The van der Waals surface area contributed by atoms with E-state index >= 15 is 0 Å². The summed E-state index contributed by atoms with van der Waals surface area (Å²) < 4.78 is 1.77. The second kappa shape index (κ2) is 6.61. The Morgan fingerprint density at radius 1 is 1.59 bits per heavy atom. The van der Waals surface area contributed by atoms with Crippen LogP contribution in [0, 0.1) is 0 Å². The van der Waals surface area contributed by atoms with Gasteiger partial charge in [-0.15, -0.1) is 12.4 Å². The third-order valence-corrected chi connectivity index (χ3v) is 2.85. The fraction of sp³-hybridized carbons (Fsp3) is 0.636. The van der Waals surface area contributed by atoms with Crippen molar-refractivity contribution in [3.05, 3.63) is 18.0 Å². The topological polar surface area (TPSA) is 59.0 Å². The molecule has 0 aliphatic carbocycles. The summed E-state index contributed by atoms with van der Waals surface area (Å²) in [6, 6.07) is -0.0530. The maximum absolute atomic E-state index is 11.6. The Balaban J connectivity index is 0.00000144. The van der Waals surface area contributed by atoms with Gasteiger partial charge in [-0.05, 0) is 19.3 Å². The van der Waals surface area contributed by atoms with E-state index in [9.17, 15) is 4.79 Å². The van der Waals surface area contributed by atoms with Gasteiger partial charge in [0.2, 0.25) is 5.91 Å². The maximum Gasteiger partial charge on any atom is 0.237 e. The average molecular weight is 259 g/mol. The molecule has 2 N–H and O–H groups in total. The van der Waals surface area contributed by atoms with Gasteiger partial charge in [0.25, 0.3) is 0 Å². The van der Waals surface area contributed by atoms with Gasteiger partial charge >= 0.3 is 0 Å². The van der Waals surface area contributed by atoms with Gasteiger partial charge in [0.05, 0.1) is 12.2 Å². The molecule has 1 atom stereocenters. The molecule has 0 bridgehead atoms. The van der Waals surface area contributed by atoms with E-state index in [2.05, 4.69) is 15.7 Å². The van der Waals surface area contributed by atoms with Gasteiger partial charge in [-0.3, -0.25) is 9.48 Å². The lowest BCUT2D eigenvalue weighted by atomic mass is 10.1. The third-order valence-electron chi connectivity index (χ3n) is 2.85. The van der Waals surface area contributed by atoms with Crippen molar-refractivity contribution in [3.8, 4) is 0 Å². The molecule has 1 amide bonds. The third kappa shape index (κ3) is 4.02. The largest absolute Gasteiger partial charge is 0.355 e. The van der Waals surface area contributed by atoms with Crippen molar-refractivity contribution in [2.75, 3.05) is 6.54 Å². The van der Waals surface area contributed by atoms with E-state index in [0.717, 1.165) is 31.4 Å². The van der Waals surface area contributed by atoms with Crippen LogP contribution in [0.3, 0.4) is 0 Å². The monoisotopic (exact) mass is 258 g/mol. The number of hydrogen-bond donors (Lipinski definition) is 2. The number of carbonyl (C=O) groups excluding carboxylic acids is 1. The Hall–Kier alpha value is -1.07. The highest BCUT2D eigenvalue weighted by atomic mass is 35.5. The molecule has 0 aromatic carbocycles. The van der Waals surface area contributed by atoms with Gasteiger partial charge in [-0.2, -0.15) is 5.10 Å². The van der Waals surface area contributed by atoms with Gasteiger partial charge in [-0.1, -0.05) is 0 Å². The summed E-state index contributed by atoms with van der Waals surface area (Å²) >= 11 is 0. The highest BCUT2D eigenvalue weighted by Crippen LogP contribution is 2.06. The van der Waals surface area contributed by atoms with Crippen LogP contribution in [0.25, 0.3) is 0 Å². The number of nitrogens with zero attached hydrogens (tertiary/aromatic N) is 2. The molecule has 5 nitrogen and oxygen atoms in total. The van der Waals surface area contributed by atoms with Crippen molar-refractivity contribution >= 4 is 18.3 Å². The minimum Gasteiger partial charge on any atom is -0.355 e. The van der Waals surface area contributed by atoms with Crippen molar-refractivity contribution in [2.45, 2.75) is 31.8 Å². The molecule has 1 fully saturated rings. The summed E-state index contributed by atoms with van der Waals surface area (Å²) in [5.41, 5.74) is 1.11. The smallest absolute Gasteiger partial charge is 0.237 e. The van der Waals surface area contributed by atoms with Crippen LogP contribution in [0.5, 0.6) is 0 Å². The lowest BCUT2D eigenvalue weighted by Gasteiger charge is -2.14. The summed E-state index contributed by atoms with van der Waals surface area (Å²) in [5, 5.41) is 10.3. The van der Waals surface area contributed by atoms with Gasteiger partial charge in [-0.25, -0.2) is 0 Å². The predicted octanol–water partition coefficient (Wildman–Crippen LogP) is 0.600. The fourth-order valence-corrected chi connectivity index (χ4v) is 1.94. The zero-order valence-electron chi connectivity index (χ0n) is 9.98. The van der Waals surface area contributed by atoms with E-state index in [1.165, 1.54) is 0 Å². The summed E-state index contributed by atoms with van der Waals surface area (Å²) in [5.74, 6) is 0.126. The highest BCUT2D eigenvalue weighted by Gasteiger charge is 2.19. The molecule has 1 aromatic rings. The van der Waals surface area contributed by atoms with Crippen molar-refractivity contribution in [2.24, 2.45) is 7.05 Å². The van der Waals surface area contributed by atoms with E-state index in [-0.39, 0.29) is 24.4 Å². The molecule has 6 heteroatoms.